The van der Waals surface area contributed by atoms with Gasteiger partial charge in [-0.2, -0.15) is 0 Å². The topological polar surface area (TPSA) is 85.4 Å². The number of nitrogens with zero attached hydrogens (tertiary/aromatic N) is 2. The maximum absolute atomic E-state index is 13.6. The first-order valence-electron chi connectivity index (χ1n) is 17.1. The van der Waals surface area contributed by atoms with Crippen LogP contribution in [0.25, 0.3) is 6.08 Å². The molecular formula is C39H54N2O6. The average Bonchev–Trinajstić information content (AvgIpc) is 3.80. The number of rotatable bonds is 10. The van der Waals surface area contributed by atoms with Crippen LogP contribution in [0.4, 0.5) is 9.59 Å². The Hall–Kier alpha value is -3.81. The molecular weight excluding hydrogens is 592 g/mol. The lowest BCUT2D eigenvalue weighted by Crippen LogP contribution is -2.46. The second-order valence-electron chi connectivity index (χ2n) is 15.0. The Morgan fingerprint density at radius 1 is 0.809 bits per heavy atom. The van der Waals surface area contributed by atoms with Crippen LogP contribution in [0.15, 0.2) is 60.2 Å². The number of methoxy groups -OCH3 is 1. The molecule has 0 aliphatic heterocycles. The molecule has 47 heavy (non-hydrogen) atoms. The zero-order valence-corrected chi connectivity index (χ0v) is 29.6. The number of carbonyl (C=O) groups excluding carboxylic acids is 3. The van der Waals surface area contributed by atoms with Gasteiger partial charge in [-0.1, -0.05) is 61.0 Å². The van der Waals surface area contributed by atoms with Crippen molar-refractivity contribution in [1.29, 1.82) is 0 Å². The first kappa shape index (κ1) is 36.0. The van der Waals surface area contributed by atoms with Crippen LogP contribution in [0.5, 0.6) is 0 Å². The van der Waals surface area contributed by atoms with Crippen LogP contribution in [-0.4, -0.2) is 64.9 Å². The van der Waals surface area contributed by atoms with E-state index >= 15 is 0 Å². The van der Waals surface area contributed by atoms with E-state index in [2.05, 4.69) is 37.3 Å². The Bertz CT molecular complexity index is 1380. The summed E-state index contributed by atoms with van der Waals surface area (Å²) in [5.74, 6) is 0.246. The largest absolute Gasteiger partial charge is 0.465 e. The van der Waals surface area contributed by atoms with Crippen molar-refractivity contribution in [3.63, 3.8) is 0 Å². The van der Waals surface area contributed by atoms with Crippen molar-refractivity contribution in [3.05, 3.63) is 76.9 Å². The summed E-state index contributed by atoms with van der Waals surface area (Å²) >= 11 is 0. The third-order valence-corrected chi connectivity index (χ3v) is 8.89. The smallest absolute Gasteiger partial charge is 0.410 e. The summed E-state index contributed by atoms with van der Waals surface area (Å²) in [4.78, 5) is 42.8. The Balaban J connectivity index is 1.46. The molecule has 0 N–H and O–H groups in total. The fourth-order valence-electron chi connectivity index (χ4n) is 6.47. The lowest BCUT2D eigenvalue weighted by atomic mass is 9.84. The van der Waals surface area contributed by atoms with Gasteiger partial charge in [0.2, 0.25) is 0 Å². The van der Waals surface area contributed by atoms with Crippen LogP contribution in [0.2, 0.25) is 0 Å². The van der Waals surface area contributed by atoms with Crippen LogP contribution < -0.4 is 0 Å². The molecule has 0 aromatic heterocycles. The van der Waals surface area contributed by atoms with Gasteiger partial charge in [-0.15, -0.1) is 0 Å². The van der Waals surface area contributed by atoms with Crippen molar-refractivity contribution in [3.8, 4) is 0 Å². The molecule has 0 spiro atoms. The van der Waals surface area contributed by atoms with Gasteiger partial charge in [-0.25, -0.2) is 14.4 Å². The molecule has 0 heterocycles. The van der Waals surface area contributed by atoms with Crippen LogP contribution in [-0.2, 0) is 20.8 Å². The van der Waals surface area contributed by atoms with Gasteiger partial charge in [0.25, 0.3) is 0 Å². The van der Waals surface area contributed by atoms with Crippen LogP contribution in [0.1, 0.15) is 108 Å². The first-order valence-corrected chi connectivity index (χ1v) is 17.1. The summed E-state index contributed by atoms with van der Waals surface area (Å²) in [7, 11) is 1.36. The van der Waals surface area contributed by atoms with E-state index in [1.807, 2.05) is 69.5 Å². The van der Waals surface area contributed by atoms with Gasteiger partial charge in [-0.3, -0.25) is 0 Å². The van der Waals surface area contributed by atoms with Crippen LogP contribution in [0.3, 0.4) is 0 Å². The second-order valence-corrected chi connectivity index (χ2v) is 15.0. The number of hydrogen-bond acceptors (Lipinski definition) is 6. The van der Waals surface area contributed by atoms with Gasteiger partial charge in [0.15, 0.2) is 0 Å². The van der Waals surface area contributed by atoms with Crippen molar-refractivity contribution in [2.75, 3.05) is 13.7 Å². The normalized spacial score (nSPS) is 21.4. The molecule has 0 radical (unpaired) electrons. The summed E-state index contributed by atoms with van der Waals surface area (Å²) in [6.07, 6.45) is 6.99. The lowest BCUT2D eigenvalue weighted by molar-refractivity contribution is 0.00499. The Labute approximate surface area is 281 Å². The number of amides is 2. The molecule has 2 aliphatic carbocycles. The van der Waals surface area contributed by atoms with Crippen molar-refractivity contribution in [2.45, 2.75) is 117 Å². The minimum Gasteiger partial charge on any atom is -0.465 e. The number of carbonyl (C=O) groups is 3. The van der Waals surface area contributed by atoms with Crippen LogP contribution >= 0.6 is 0 Å². The molecule has 2 aromatic carbocycles. The number of ether oxygens (including phenoxy) is 3. The molecule has 2 aromatic rings. The fraction of sp³-hybridized carbons (Fsp3) is 0.564. The standard InChI is InChI=1S/C39H54N2O6/c1-9-30(23-27-13-11-10-12-14-27)33-24-34(33)41(37(44)47-39(5,6)7)26-29-17-21-32(22-18-29)40(36(43)46-38(2,3)4)25-28-15-19-31(20-16-28)35(42)45-8/h10-16,19-20,23,29,32-34H,9,17-18,21-22,24-26H2,1-8H3/t29?,32?,33?,34-/m0/s1. The zero-order valence-electron chi connectivity index (χ0n) is 29.6. The van der Waals surface area contributed by atoms with E-state index < -0.39 is 17.2 Å². The van der Waals surface area contributed by atoms with Crippen molar-refractivity contribution < 1.29 is 28.6 Å². The van der Waals surface area contributed by atoms with Gasteiger partial charge in [0.05, 0.1) is 12.7 Å². The SMILES string of the molecule is CCC(=Cc1ccccc1)C1C[C@@H]1N(CC1CCC(N(Cc2ccc(C(=O)OC)cc2)C(=O)OC(C)(C)C)CC1)C(=O)OC(C)(C)C. The highest BCUT2D eigenvalue weighted by Crippen LogP contribution is 2.45. The molecule has 0 saturated heterocycles. The third kappa shape index (κ3) is 10.6. The van der Waals surface area contributed by atoms with Gasteiger partial charge >= 0.3 is 18.2 Å². The molecule has 8 nitrogen and oxygen atoms in total. The second kappa shape index (κ2) is 15.4. The summed E-state index contributed by atoms with van der Waals surface area (Å²) in [6, 6.07) is 17.7. The molecule has 256 valence electrons. The first-order chi connectivity index (χ1) is 22.2. The lowest BCUT2D eigenvalue weighted by Gasteiger charge is -2.39. The maximum atomic E-state index is 13.6. The van der Waals surface area contributed by atoms with E-state index in [1.54, 1.807) is 12.1 Å². The van der Waals surface area contributed by atoms with Gasteiger partial charge in [0.1, 0.15) is 11.2 Å². The minimum atomic E-state index is -0.623. The quantitative estimate of drug-likeness (QED) is 0.189. The number of esters is 1. The molecule has 2 amide bonds. The van der Waals surface area contributed by atoms with Crippen molar-refractivity contribution in [2.24, 2.45) is 11.8 Å². The van der Waals surface area contributed by atoms with E-state index in [1.165, 1.54) is 18.2 Å². The van der Waals surface area contributed by atoms with Gasteiger partial charge < -0.3 is 24.0 Å². The summed E-state index contributed by atoms with van der Waals surface area (Å²) in [5.41, 5.74) is 2.74. The molecule has 8 heteroatoms. The molecule has 2 aliphatic rings. The summed E-state index contributed by atoms with van der Waals surface area (Å²) in [6.45, 7) is 14.6. The average molecular weight is 647 g/mol. The molecule has 2 atom stereocenters. The zero-order chi connectivity index (χ0) is 34.4. The number of hydrogen-bond donors (Lipinski definition) is 0. The van der Waals surface area contributed by atoms with Gasteiger partial charge in [-0.05, 0) is 109 Å². The molecule has 4 rings (SSSR count). The van der Waals surface area contributed by atoms with Gasteiger partial charge in [0, 0.05) is 31.1 Å². The number of benzene rings is 2. The van der Waals surface area contributed by atoms with Crippen LogP contribution in [0, 0.1) is 11.8 Å². The maximum Gasteiger partial charge on any atom is 0.410 e. The third-order valence-electron chi connectivity index (χ3n) is 8.89. The van der Waals surface area contributed by atoms with E-state index in [0.29, 0.717) is 30.5 Å². The Morgan fingerprint density at radius 3 is 1.91 bits per heavy atom. The molecule has 1 unspecified atom stereocenters. The summed E-state index contributed by atoms with van der Waals surface area (Å²) in [5, 5.41) is 0. The van der Waals surface area contributed by atoms with E-state index in [4.69, 9.17) is 14.2 Å². The monoisotopic (exact) mass is 646 g/mol. The molecule has 0 bridgehead atoms. The van der Waals surface area contributed by atoms with E-state index in [9.17, 15) is 14.4 Å². The molecule has 2 fully saturated rings. The molecule has 2 saturated carbocycles. The highest BCUT2D eigenvalue weighted by Gasteiger charge is 2.47. The summed E-state index contributed by atoms with van der Waals surface area (Å²) < 4.78 is 16.6. The van der Waals surface area contributed by atoms with E-state index in [0.717, 1.165) is 44.1 Å². The predicted octanol–water partition coefficient (Wildman–Crippen LogP) is 8.89. The van der Waals surface area contributed by atoms with Crippen molar-refractivity contribution in [1.82, 2.24) is 9.80 Å². The van der Waals surface area contributed by atoms with Crippen molar-refractivity contribution >= 4 is 24.2 Å². The Morgan fingerprint density at radius 2 is 1.38 bits per heavy atom. The predicted molar refractivity (Wildman–Crippen MR) is 185 cm³/mol. The van der Waals surface area contributed by atoms with E-state index in [-0.39, 0.29) is 24.3 Å². The highest BCUT2D eigenvalue weighted by atomic mass is 16.6. The fourth-order valence-corrected chi connectivity index (χ4v) is 6.47. The minimum absolute atomic E-state index is 0.00512. The highest BCUT2D eigenvalue weighted by molar-refractivity contribution is 5.89. The Kier molecular flexibility index (Phi) is 11.8.